The number of carbonyl (C=O) groups is 2. The number of nitrogens with zero attached hydrogens (tertiary/aromatic N) is 1. The third-order valence-corrected chi connectivity index (χ3v) is 6.22. The lowest BCUT2D eigenvalue weighted by Crippen LogP contribution is -2.13. The molecule has 0 radical (unpaired) electrons. The van der Waals surface area contributed by atoms with Gasteiger partial charge in [-0.15, -0.1) is 11.8 Å². The van der Waals surface area contributed by atoms with E-state index >= 15 is 0 Å². The van der Waals surface area contributed by atoms with Crippen molar-refractivity contribution < 1.29 is 9.59 Å². The summed E-state index contributed by atoms with van der Waals surface area (Å²) in [6.45, 7) is 0. The molecular formula is C24H20N2O2S. The summed E-state index contributed by atoms with van der Waals surface area (Å²) in [6.07, 6.45) is 1.96. The van der Waals surface area contributed by atoms with Gasteiger partial charge in [-0.2, -0.15) is 0 Å². The quantitative estimate of drug-likeness (QED) is 0.445. The zero-order chi connectivity index (χ0) is 19.8. The van der Waals surface area contributed by atoms with Gasteiger partial charge in [-0.25, -0.2) is 0 Å². The summed E-state index contributed by atoms with van der Waals surface area (Å²) >= 11 is 1.49. The van der Waals surface area contributed by atoms with Gasteiger partial charge in [0, 0.05) is 27.3 Å². The van der Waals surface area contributed by atoms with Crippen LogP contribution in [0, 0.1) is 5.92 Å². The zero-order valence-corrected chi connectivity index (χ0v) is 16.6. The lowest BCUT2D eigenvalue weighted by atomic mass is 10.2. The van der Waals surface area contributed by atoms with Crippen LogP contribution in [-0.2, 0) is 4.79 Å². The molecule has 1 aliphatic carbocycles. The summed E-state index contributed by atoms with van der Waals surface area (Å²) in [5.41, 5.74) is 2.66. The van der Waals surface area contributed by atoms with Gasteiger partial charge in [0.05, 0.1) is 16.8 Å². The molecule has 0 atom stereocenters. The van der Waals surface area contributed by atoms with Crippen LogP contribution in [0.3, 0.4) is 0 Å². The van der Waals surface area contributed by atoms with Gasteiger partial charge in [-0.3, -0.25) is 14.2 Å². The van der Waals surface area contributed by atoms with Gasteiger partial charge in [-0.1, -0.05) is 42.5 Å². The van der Waals surface area contributed by atoms with E-state index in [0.717, 1.165) is 45.2 Å². The molecule has 3 aromatic carbocycles. The Morgan fingerprint density at radius 3 is 2.21 bits per heavy atom. The summed E-state index contributed by atoms with van der Waals surface area (Å²) in [4.78, 5) is 26.1. The zero-order valence-electron chi connectivity index (χ0n) is 15.8. The van der Waals surface area contributed by atoms with E-state index in [0.29, 0.717) is 5.75 Å². The molecule has 0 aliphatic heterocycles. The largest absolute Gasteiger partial charge is 0.326 e. The fourth-order valence-corrected chi connectivity index (χ4v) is 4.46. The second kappa shape index (κ2) is 7.41. The van der Waals surface area contributed by atoms with Gasteiger partial charge < -0.3 is 5.32 Å². The molecule has 0 saturated heterocycles. The molecule has 144 valence electrons. The highest BCUT2D eigenvalue weighted by Gasteiger charge is 2.29. The predicted octanol–water partition coefficient (Wildman–Crippen LogP) is 5.58. The molecule has 1 heterocycles. The van der Waals surface area contributed by atoms with E-state index in [9.17, 15) is 9.59 Å². The fourth-order valence-electron chi connectivity index (χ4n) is 3.65. The van der Waals surface area contributed by atoms with E-state index in [4.69, 9.17) is 0 Å². The van der Waals surface area contributed by atoms with Gasteiger partial charge in [-0.05, 0) is 43.2 Å². The summed E-state index contributed by atoms with van der Waals surface area (Å²) in [7, 11) is 0. The standard InChI is InChI=1S/C24H20N2O2S/c27-23(15-29-18-7-5-6-17(14-18)25-24(28)16-12-13-16)26-21-10-3-1-8-19(21)20-9-2-4-11-22(20)26/h1-11,14,16H,12-13,15H2,(H,25,28). The number of nitrogens with one attached hydrogen (secondary N) is 1. The Morgan fingerprint density at radius 2 is 1.55 bits per heavy atom. The van der Waals surface area contributed by atoms with Crippen LogP contribution in [0.25, 0.3) is 21.8 Å². The van der Waals surface area contributed by atoms with Gasteiger partial charge in [0.2, 0.25) is 11.8 Å². The van der Waals surface area contributed by atoms with Crippen molar-refractivity contribution in [2.45, 2.75) is 17.7 Å². The van der Waals surface area contributed by atoms with Crippen LogP contribution in [0.5, 0.6) is 0 Å². The molecule has 1 aromatic heterocycles. The average molecular weight is 401 g/mol. The lowest BCUT2D eigenvalue weighted by Gasteiger charge is -2.08. The minimum Gasteiger partial charge on any atom is -0.326 e. The number of hydrogen-bond donors (Lipinski definition) is 1. The van der Waals surface area contributed by atoms with Crippen molar-refractivity contribution >= 4 is 51.1 Å². The first kappa shape index (κ1) is 18.0. The number of thioether (sulfide) groups is 1. The Hall–Kier alpha value is -3.05. The third kappa shape index (κ3) is 3.54. The van der Waals surface area contributed by atoms with Crippen molar-refractivity contribution in [1.29, 1.82) is 0 Å². The molecule has 4 aromatic rings. The Kier molecular flexibility index (Phi) is 4.60. The average Bonchev–Trinajstić information content (AvgIpc) is 3.55. The van der Waals surface area contributed by atoms with Crippen molar-refractivity contribution in [2.24, 2.45) is 5.92 Å². The highest BCUT2D eigenvalue weighted by Crippen LogP contribution is 2.32. The number of carbonyl (C=O) groups excluding carboxylic acids is 2. The second-order valence-electron chi connectivity index (χ2n) is 7.34. The van der Waals surface area contributed by atoms with E-state index in [1.165, 1.54) is 11.8 Å². The van der Waals surface area contributed by atoms with Crippen LogP contribution in [0.2, 0.25) is 0 Å². The van der Waals surface area contributed by atoms with Crippen LogP contribution in [-0.4, -0.2) is 22.1 Å². The van der Waals surface area contributed by atoms with Crippen LogP contribution in [0.15, 0.2) is 77.7 Å². The maximum atomic E-state index is 13.1. The van der Waals surface area contributed by atoms with Crippen molar-refractivity contribution in [3.63, 3.8) is 0 Å². The van der Waals surface area contributed by atoms with E-state index in [2.05, 4.69) is 17.4 Å². The first-order chi connectivity index (χ1) is 14.2. The summed E-state index contributed by atoms with van der Waals surface area (Å²) < 4.78 is 1.82. The molecule has 1 aliphatic rings. The molecule has 5 heteroatoms. The Balaban J connectivity index is 1.38. The van der Waals surface area contributed by atoms with Crippen LogP contribution >= 0.6 is 11.8 Å². The smallest absolute Gasteiger partial charge is 0.241 e. The SMILES string of the molecule is O=C(Nc1cccc(SCC(=O)n2c3ccccc3c3ccccc32)c1)C1CC1. The fraction of sp³-hybridized carbons (Fsp3) is 0.167. The Labute approximate surface area is 172 Å². The number of fused-ring (bicyclic) bond motifs is 3. The highest BCUT2D eigenvalue weighted by molar-refractivity contribution is 8.00. The summed E-state index contributed by atoms with van der Waals surface area (Å²) in [5.74, 6) is 0.624. The normalized spacial score (nSPS) is 13.7. The molecule has 0 unspecified atom stereocenters. The first-order valence-electron chi connectivity index (χ1n) is 9.76. The molecule has 1 amide bonds. The van der Waals surface area contributed by atoms with Crippen molar-refractivity contribution in [3.05, 3.63) is 72.8 Å². The van der Waals surface area contributed by atoms with E-state index < -0.39 is 0 Å². The molecule has 0 bridgehead atoms. The topological polar surface area (TPSA) is 51.1 Å². The molecule has 1 fully saturated rings. The molecule has 5 rings (SSSR count). The van der Waals surface area contributed by atoms with Crippen molar-refractivity contribution in [2.75, 3.05) is 11.1 Å². The van der Waals surface area contributed by atoms with Gasteiger partial charge in [0.25, 0.3) is 0 Å². The number of para-hydroxylation sites is 2. The van der Waals surface area contributed by atoms with Crippen LogP contribution in [0.1, 0.15) is 17.6 Å². The van der Waals surface area contributed by atoms with Gasteiger partial charge in [0.15, 0.2) is 0 Å². The highest BCUT2D eigenvalue weighted by atomic mass is 32.2. The van der Waals surface area contributed by atoms with Crippen molar-refractivity contribution in [1.82, 2.24) is 4.57 Å². The molecule has 1 saturated carbocycles. The minimum atomic E-state index is 0.0415. The minimum absolute atomic E-state index is 0.0415. The number of anilines is 1. The molecule has 0 spiro atoms. The summed E-state index contributed by atoms with van der Waals surface area (Å²) in [6, 6.07) is 23.7. The van der Waals surface area contributed by atoms with Gasteiger partial charge in [0.1, 0.15) is 0 Å². The molecule has 4 nitrogen and oxygen atoms in total. The Morgan fingerprint density at radius 1 is 0.897 bits per heavy atom. The first-order valence-corrected chi connectivity index (χ1v) is 10.7. The van der Waals surface area contributed by atoms with Crippen molar-refractivity contribution in [3.8, 4) is 0 Å². The maximum Gasteiger partial charge on any atom is 0.241 e. The number of rotatable bonds is 5. The van der Waals surface area contributed by atoms with Crippen LogP contribution in [0.4, 0.5) is 5.69 Å². The molecular weight excluding hydrogens is 380 g/mol. The van der Waals surface area contributed by atoms with E-state index in [-0.39, 0.29) is 17.7 Å². The Bertz CT molecular complexity index is 1190. The summed E-state index contributed by atoms with van der Waals surface area (Å²) in [5, 5.41) is 5.14. The predicted molar refractivity (Wildman–Crippen MR) is 119 cm³/mol. The van der Waals surface area contributed by atoms with Crippen LogP contribution < -0.4 is 5.32 Å². The lowest BCUT2D eigenvalue weighted by molar-refractivity contribution is -0.117. The van der Waals surface area contributed by atoms with Gasteiger partial charge >= 0.3 is 0 Å². The number of aromatic nitrogens is 1. The van der Waals surface area contributed by atoms with E-state index in [1.54, 1.807) is 0 Å². The number of hydrogen-bond acceptors (Lipinski definition) is 3. The second-order valence-corrected chi connectivity index (χ2v) is 8.39. The molecule has 1 N–H and O–H groups in total. The van der Waals surface area contributed by atoms with E-state index in [1.807, 2.05) is 65.2 Å². The number of amides is 1. The maximum absolute atomic E-state index is 13.1. The third-order valence-electron chi connectivity index (χ3n) is 5.24. The molecule has 29 heavy (non-hydrogen) atoms. The monoisotopic (exact) mass is 400 g/mol. The number of benzene rings is 3.